The van der Waals surface area contributed by atoms with Crippen LogP contribution in [0.5, 0.6) is 0 Å². The van der Waals surface area contributed by atoms with Gasteiger partial charge in [0.15, 0.2) is 5.82 Å². The van der Waals surface area contributed by atoms with E-state index >= 15 is 0 Å². The molecule has 20 heavy (non-hydrogen) atoms. The Bertz CT molecular complexity index is 629. The lowest BCUT2D eigenvalue weighted by atomic mass is 9.96. The standard InChI is InChI=1S/C16H22N4/c1-4-13-15(17)16(19(3)18-13)20-11(2)9-10-12-7-5-6-8-14(12)20/h5-8,11H,4,9-10,17H2,1-3H3. The first-order chi connectivity index (χ1) is 9.63. The van der Waals surface area contributed by atoms with Gasteiger partial charge in [0.2, 0.25) is 0 Å². The number of aromatic nitrogens is 2. The van der Waals surface area contributed by atoms with E-state index in [1.807, 2.05) is 11.7 Å². The summed E-state index contributed by atoms with van der Waals surface area (Å²) in [6.07, 6.45) is 3.14. The predicted octanol–water partition coefficient (Wildman–Crippen LogP) is 3.04. The molecule has 2 N–H and O–H groups in total. The number of benzene rings is 1. The van der Waals surface area contributed by atoms with Crippen LogP contribution in [0.4, 0.5) is 17.2 Å². The lowest BCUT2D eigenvalue weighted by molar-refractivity contribution is 0.597. The van der Waals surface area contributed by atoms with Gasteiger partial charge in [-0.05, 0) is 37.8 Å². The van der Waals surface area contributed by atoms with Gasteiger partial charge in [-0.25, -0.2) is 0 Å². The molecule has 0 amide bonds. The number of nitrogens with two attached hydrogens (primary N) is 1. The summed E-state index contributed by atoms with van der Waals surface area (Å²) in [4.78, 5) is 2.35. The van der Waals surface area contributed by atoms with Gasteiger partial charge in [-0.1, -0.05) is 25.1 Å². The molecule has 2 heterocycles. The molecule has 0 fully saturated rings. The first-order valence-corrected chi connectivity index (χ1v) is 7.32. The summed E-state index contributed by atoms with van der Waals surface area (Å²) in [6, 6.07) is 9.03. The predicted molar refractivity (Wildman–Crippen MR) is 83.4 cm³/mol. The fourth-order valence-electron chi connectivity index (χ4n) is 3.14. The fraction of sp³-hybridized carbons (Fsp3) is 0.438. The van der Waals surface area contributed by atoms with Gasteiger partial charge < -0.3 is 10.6 Å². The van der Waals surface area contributed by atoms with E-state index in [2.05, 4.69) is 48.1 Å². The van der Waals surface area contributed by atoms with E-state index < -0.39 is 0 Å². The molecular weight excluding hydrogens is 248 g/mol. The zero-order valence-electron chi connectivity index (χ0n) is 12.4. The number of fused-ring (bicyclic) bond motifs is 1. The minimum atomic E-state index is 0.437. The van der Waals surface area contributed by atoms with E-state index in [0.29, 0.717) is 6.04 Å². The fourth-order valence-corrected chi connectivity index (χ4v) is 3.14. The Morgan fingerprint density at radius 3 is 2.80 bits per heavy atom. The van der Waals surface area contributed by atoms with Crippen LogP contribution in [0.2, 0.25) is 0 Å². The normalized spacial score (nSPS) is 18.1. The number of para-hydroxylation sites is 1. The Hall–Kier alpha value is -1.97. The van der Waals surface area contributed by atoms with Crippen molar-refractivity contribution in [1.29, 1.82) is 0 Å². The molecule has 1 atom stereocenters. The van der Waals surface area contributed by atoms with Crippen molar-refractivity contribution in [3.05, 3.63) is 35.5 Å². The SMILES string of the molecule is CCc1nn(C)c(N2c3ccccc3CCC2C)c1N. The van der Waals surface area contributed by atoms with E-state index in [1.54, 1.807) is 0 Å². The first kappa shape index (κ1) is 13.0. The summed E-state index contributed by atoms with van der Waals surface area (Å²) in [6.45, 7) is 4.35. The second-order valence-electron chi connectivity index (χ2n) is 5.55. The Morgan fingerprint density at radius 1 is 1.35 bits per heavy atom. The van der Waals surface area contributed by atoms with Crippen molar-refractivity contribution >= 4 is 17.2 Å². The van der Waals surface area contributed by atoms with Gasteiger partial charge in [-0.2, -0.15) is 5.10 Å². The van der Waals surface area contributed by atoms with Crippen LogP contribution < -0.4 is 10.6 Å². The highest BCUT2D eigenvalue weighted by Crippen LogP contribution is 2.40. The molecule has 0 bridgehead atoms. The largest absolute Gasteiger partial charge is 0.394 e. The quantitative estimate of drug-likeness (QED) is 0.912. The third-order valence-electron chi connectivity index (χ3n) is 4.22. The van der Waals surface area contributed by atoms with Gasteiger partial charge in [0, 0.05) is 18.8 Å². The Kier molecular flexibility index (Phi) is 3.16. The van der Waals surface area contributed by atoms with Gasteiger partial charge in [-0.15, -0.1) is 0 Å². The third-order valence-corrected chi connectivity index (χ3v) is 4.22. The van der Waals surface area contributed by atoms with Crippen LogP contribution in [-0.2, 0) is 19.9 Å². The van der Waals surface area contributed by atoms with Gasteiger partial charge in [-0.3, -0.25) is 4.68 Å². The lowest BCUT2D eigenvalue weighted by Crippen LogP contribution is -2.35. The number of aryl methyl sites for hydroxylation is 3. The molecule has 4 heteroatoms. The highest BCUT2D eigenvalue weighted by Gasteiger charge is 2.28. The summed E-state index contributed by atoms with van der Waals surface area (Å²) < 4.78 is 1.92. The van der Waals surface area contributed by atoms with Crippen LogP contribution in [-0.4, -0.2) is 15.8 Å². The Morgan fingerprint density at radius 2 is 2.10 bits per heavy atom. The average Bonchev–Trinajstić information content (AvgIpc) is 2.74. The molecule has 1 unspecified atom stereocenters. The monoisotopic (exact) mass is 270 g/mol. The summed E-state index contributed by atoms with van der Waals surface area (Å²) in [5.74, 6) is 1.03. The van der Waals surface area contributed by atoms with E-state index in [0.717, 1.165) is 36.5 Å². The molecule has 0 saturated heterocycles. The molecule has 1 aliphatic heterocycles. The van der Waals surface area contributed by atoms with Gasteiger partial charge in [0.25, 0.3) is 0 Å². The molecular formula is C16H22N4. The van der Waals surface area contributed by atoms with Crippen molar-refractivity contribution in [2.24, 2.45) is 7.05 Å². The first-order valence-electron chi connectivity index (χ1n) is 7.32. The minimum Gasteiger partial charge on any atom is -0.394 e. The average molecular weight is 270 g/mol. The smallest absolute Gasteiger partial charge is 0.155 e. The second-order valence-corrected chi connectivity index (χ2v) is 5.55. The molecule has 1 aromatic heterocycles. The topological polar surface area (TPSA) is 47.1 Å². The molecule has 2 aromatic rings. The lowest BCUT2D eigenvalue weighted by Gasteiger charge is -2.37. The van der Waals surface area contributed by atoms with Crippen LogP contribution in [0.25, 0.3) is 0 Å². The maximum absolute atomic E-state index is 6.34. The summed E-state index contributed by atoms with van der Waals surface area (Å²) >= 11 is 0. The molecule has 3 rings (SSSR count). The Labute approximate surface area is 120 Å². The summed E-state index contributed by atoms with van der Waals surface area (Å²) in [5, 5.41) is 4.56. The number of hydrogen-bond donors (Lipinski definition) is 1. The van der Waals surface area contributed by atoms with E-state index in [-0.39, 0.29) is 0 Å². The zero-order valence-corrected chi connectivity index (χ0v) is 12.4. The molecule has 0 radical (unpaired) electrons. The van der Waals surface area contributed by atoms with Crippen LogP contribution in [0.3, 0.4) is 0 Å². The van der Waals surface area contributed by atoms with E-state index in [1.165, 1.54) is 11.3 Å². The van der Waals surface area contributed by atoms with E-state index in [9.17, 15) is 0 Å². The summed E-state index contributed by atoms with van der Waals surface area (Å²) in [5.41, 5.74) is 10.8. The molecule has 0 spiro atoms. The maximum atomic E-state index is 6.34. The maximum Gasteiger partial charge on any atom is 0.155 e. The number of rotatable bonds is 2. The van der Waals surface area contributed by atoms with Crippen molar-refractivity contribution < 1.29 is 0 Å². The zero-order chi connectivity index (χ0) is 14.3. The number of nitrogen functional groups attached to an aromatic ring is 1. The van der Waals surface area contributed by atoms with Crippen LogP contribution in [0, 0.1) is 0 Å². The van der Waals surface area contributed by atoms with Crippen molar-refractivity contribution in [1.82, 2.24) is 9.78 Å². The second kappa shape index (κ2) is 4.85. The molecule has 1 aromatic carbocycles. The van der Waals surface area contributed by atoms with Crippen molar-refractivity contribution in [2.75, 3.05) is 10.6 Å². The number of nitrogens with zero attached hydrogens (tertiary/aromatic N) is 3. The van der Waals surface area contributed by atoms with Crippen LogP contribution in [0.1, 0.15) is 31.5 Å². The van der Waals surface area contributed by atoms with Gasteiger partial charge in [0.05, 0.1) is 11.4 Å². The van der Waals surface area contributed by atoms with Crippen molar-refractivity contribution in [3.63, 3.8) is 0 Å². The van der Waals surface area contributed by atoms with Crippen molar-refractivity contribution in [3.8, 4) is 0 Å². The highest BCUT2D eigenvalue weighted by molar-refractivity contribution is 5.76. The molecule has 0 aliphatic carbocycles. The van der Waals surface area contributed by atoms with Crippen LogP contribution >= 0.6 is 0 Å². The molecule has 4 nitrogen and oxygen atoms in total. The minimum absolute atomic E-state index is 0.437. The highest BCUT2D eigenvalue weighted by atomic mass is 15.4. The van der Waals surface area contributed by atoms with Crippen LogP contribution in [0.15, 0.2) is 24.3 Å². The van der Waals surface area contributed by atoms with Gasteiger partial charge in [0.1, 0.15) is 0 Å². The number of hydrogen-bond acceptors (Lipinski definition) is 3. The number of anilines is 3. The molecule has 106 valence electrons. The molecule has 0 saturated carbocycles. The van der Waals surface area contributed by atoms with E-state index in [4.69, 9.17) is 5.73 Å². The summed E-state index contributed by atoms with van der Waals surface area (Å²) in [7, 11) is 1.98. The van der Waals surface area contributed by atoms with Gasteiger partial charge >= 0.3 is 0 Å². The Balaban J connectivity index is 2.16. The molecule has 1 aliphatic rings. The van der Waals surface area contributed by atoms with Crippen molar-refractivity contribution in [2.45, 2.75) is 39.2 Å². The third kappa shape index (κ3) is 1.87.